The summed E-state index contributed by atoms with van der Waals surface area (Å²) in [5, 5.41) is 7.43. The van der Waals surface area contributed by atoms with E-state index in [1.807, 2.05) is 6.08 Å². The van der Waals surface area contributed by atoms with Crippen molar-refractivity contribution in [1.82, 2.24) is 0 Å². The summed E-state index contributed by atoms with van der Waals surface area (Å²) >= 11 is 1.71. The number of rotatable bonds is 4. The number of nitrogens with one attached hydrogen (secondary N) is 1. The van der Waals surface area contributed by atoms with Gasteiger partial charge < -0.3 is 5.32 Å². The van der Waals surface area contributed by atoms with Gasteiger partial charge in [0.25, 0.3) is 0 Å². The maximum Gasteiger partial charge on any atom is 0.0448 e. The molecule has 1 aromatic heterocycles. The van der Waals surface area contributed by atoms with Crippen LogP contribution in [-0.2, 0) is 0 Å². The van der Waals surface area contributed by atoms with Gasteiger partial charge >= 0.3 is 0 Å². The second-order valence-electron chi connectivity index (χ2n) is 2.02. The van der Waals surface area contributed by atoms with Gasteiger partial charge in [0.1, 0.15) is 0 Å². The van der Waals surface area contributed by atoms with E-state index >= 15 is 0 Å². The molecule has 10 heavy (non-hydrogen) atoms. The van der Waals surface area contributed by atoms with Gasteiger partial charge in [-0.1, -0.05) is 6.08 Å². The molecule has 0 aliphatic heterocycles. The summed E-state index contributed by atoms with van der Waals surface area (Å²) < 4.78 is 0. The molecular weight excluding hydrogens is 142 g/mol. The molecule has 0 spiro atoms. The fourth-order valence-corrected chi connectivity index (χ4v) is 1.30. The standard InChI is InChI=1S/C8H11NS/c1-2-3-5-9-8-4-6-10-7-8/h2,4,6-7,9H,1,3,5H2. The second-order valence-corrected chi connectivity index (χ2v) is 2.80. The van der Waals surface area contributed by atoms with Gasteiger partial charge in [0.05, 0.1) is 0 Å². The van der Waals surface area contributed by atoms with E-state index in [-0.39, 0.29) is 0 Å². The zero-order chi connectivity index (χ0) is 7.23. The minimum absolute atomic E-state index is 0.986. The minimum atomic E-state index is 0.986. The van der Waals surface area contributed by atoms with Gasteiger partial charge in [0, 0.05) is 17.6 Å². The highest BCUT2D eigenvalue weighted by Crippen LogP contribution is 2.11. The second kappa shape index (κ2) is 4.12. The Morgan fingerprint density at radius 3 is 3.20 bits per heavy atom. The van der Waals surface area contributed by atoms with Crippen LogP contribution in [0.25, 0.3) is 0 Å². The number of hydrogen-bond donors (Lipinski definition) is 1. The Balaban J connectivity index is 2.21. The first kappa shape index (κ1) is 7.35. The highest BCUT2D eigenvalue weighted by atomic mass is 32.1. The number of hydrogen-bond acceptors (Lipinski definition) is 2. The van der Waals surface area contributed by atoms with Crippen molar-refractivity contribution in [3.63, 3.8) is 0 Å². The van der Waals surface area contributed by atoms with Crippen LogP contribution in [0.2, 0.25) is 0 Å². The van der Waals surface area contributed by atoms with Gasteiger partial charge in [0.2, 0.25) is 0 Å². The molecular formula is C8H11NS. The lowest BCUT2D eigenvalue weighted by atomic mass is 10.4. The molecule has 1 N–H and O–H groups in total. The molecule has 2 heteroatoms. The number of thiophene rings is 1. The predicted octanol–water partition coefficient (Wildman–Crippen LogP) is 2.74. The molecule has 1 rings (SSSR count). The van der Waals surface area contributed by atoms with E-state index in [1.165, 1.54) is 5.69 Å². The lowest BCUT2D eigenvalue weighted by Crippen LogP contribution is -1.97. The summed E-state index contributed by atoms with van der Waals surface area (Å²) in [4.78, 5) is 0. The average Bonchev–Trinajstić information content (AvgIpc) is 2.41. The van der Waals surface area contributed by atoms with Gasteiger partial charge in [-0.2, -0.15) is 11.3 Å². The van der Waals surface area contributed by atoms with E-state index in [2.05, 4.69) is 28.7 Å². The molecule has 0 aliphatic carbocycles. The number of anilines is 1. The Kier molecular flexibility index (Phi) is 3.03. The van der Waals surface area contributed by atoms with Crippen LogP contribution >= 0.6 is 11.3 Å². The summed E-state index contributed by atoms with van der Waals surface area (Å²) in [6.07, 6.45) is 2.94. The zero-order valence-electron chi connectivity index (χ0n) is 5.84. The first-order chi connectivity index (χ1) is 4.93. The van der Waals surface area contributed by atoms with Crippen molar-refractivity contribution < 1.29 is 0 Å². The largest absolute Gasteiger partial charge is 0.384 e. The van der Waals surface area contributed by atoms with Crippen LogP contribution in [0.3, 0.4) is 0 Å². The first-order valence-corrected chi connectivity index (χ1v) is 4.24. The Bertz CT molecular complexity index is 179. The molecule has 1 heterocycles. The van der Waals surface area contributed by atoms with E-state index in [0.717, 1.165) is 13.0 Å². The van der Waals surface area contributed by atoms with E-state index in [1.54, 1.807) is 11.3 Å². The van der Waals surface area contributed by atoms with Crippen molar-refractivity contribution >= 4 is 17.0 Å². The zero-order valence-corrected chi connectivity index (χ0v) is 6.66. The lowest BCUT2D eigenvalue weighted by molar-refractivity contribution is 1.07. The third kappa shape index (κ3) is 2.23. The van der Waals surface area contributed by atoms with Crippen molar-refractivity contribution in [2.45, 2.75) is 6.42 Å². The molecule has 1 aromatic rings. The smallest absolute Gasteiger partial charge is 0.0448 e. The van der Waals surface area contributed by atoms with Crippen LogP contribution in [-0.4, -0.2) is 6.54 Å². The fraction of sp³-hybridized carbons (Fsp3) is 0.250. The Morgan fingerprint density at radius 1 is 1.70 bits per heavy atom. The average molecular weight is 153 g/mol. The molecule has 0 saturated carbocycles. The SMILES string of the molecule is C=CCCNc1ccsc1. The van der Waals surface area contributed by atoms with E-state index in [0.29, 0.717) is 0 Å². The molecule has 0 atom stereocenters. The van der Waals surface area contributed by atoms with Gasteiger partial charge in [0.15, 0.2) is 0 Å². The summed E-state index contributed by atoms with van der Waals surface area (Å²) in [7, 11) is 0. The molecule has 0 saturated heterocycles. The Morgan fingerprint density at radius 2 is 2.60 bits per heavy atom. The maximum atomic E-state index is 3.64. The van der Waals surface area contributed by atoms with Crippen molar-refractivity contribution in [2.24, 2.45) is 0 Å². The summed E-state index contributed by atoms with van der Waals surface area (Å²) in [5.74, 6) is 0. The first-order valence-electron chi connectivity index (χ1n) is 3.30. The van der Waals surface area contributed by atoms with E-state index < -0.39 is 0 Å². The van der Waals surface area contributed by atoms with Gasteiger partial charge in [-0.15, -0.1) is 6.58 Å². The van der Waals surface area contributed by atoms with Crippen molar-refractivity contribution in [3.8, 4) is 0 Å². The molecule has 1 nitrogen and oxygen atoms in total. The van der Waals surface area contributed by atoms with Crippen LogP contribution < -0.4 is 5.32 Å². The van der Waals surface area contributed by atoms with Crippen molar-refractivity contribution in [2.75, 3.05) is 11.9 Å². The molecule has 0 unspecified atom stereocenters. The predicted molar refractivity (Wildman–Crippen MR) is 47.6 cm³/mol. The van der Waals surface area contributed by atoms with Crippen LogP contribution in [0.1, 0.15) is 6.42 Å². The fourth-order valence-electron chi connectivity index (χ4n) is 0.684. The Labute approximate surface area is 65.4 Å². The third-order valence-electron chi connectivity index (χ3n) is 1.20. The highest BCUT2D eigenvalue weighted by Gasteiger charge is 1.87. The summed E-state index contributed by atoms with van der Waals surface area (Å²) in [6, 6.07) is 2.08. The highest BCUT2D eigenvalue weighted by molar-refractivity contribution is 7.08. The molecule has 0 bridgehead atoms. The normalized spacial score (nSPS) is 9.20. The summed E-state index contributed by atoms with van der Waals surface area (Å²) in [6.45, 7) is 4.63. The van der Waals surface area contributed by atoms with Crippen LogP contribution in [0.4, 0.5) is 5.69 Å². The van der Waals surface area contributed by atoms with Crippen LogP contribution in [0.5, 0.6) is 0 Å². The van der Waals surface area contributed by atoms with Crippen LogP contribution in [0.15, 0.2) is 29.5 Å². The van der Waals surface area contributed by atoms with E-state index in [9.17, 15) is 0 Å². The van der Waals surface area contributed by atoms with Crippen molar-refractivity contribution in [3.05, 3.63) is 29.5 Å². The molecule has 0 aliphatic rings. The summed E-state index contributed by atoms with van der Waals surface area (Å²) in [5.41, 5.74) is 1.21. The monoisotopic (exact) mass is 153 g/mol. The molecule has 0 radical (unpaired) electrons. The quantitative estimate of drug-likeness (QED) is 0.518. The van der Waals surface area contributed by atoms with Crippen LogP contribution in [0, 0.1) is 0 Å². The minimum Gasteiger partial charge on any atom is -0.384 e. The Hall–Kier alpha value is -0.760. The van der Waals surface area contributed by atoms with Crippen molar-refractivity contribution in [1.29, 1.82) is 0 Å². The molecule has 0 aromatic carbocycles. The topological polar surface area (TPSA) is 12.0 Å². The van der Waals surface area contributed by atoms with E-state index in [4.69, 9.17) is 0 Å². The van der Waals surface area contributed by atoms with Gasteiger partial charge in [-0.3, -0.25) is 0 Å². The van der Waals surface area contributed by atoms with Gasteiger partial charge in [-0.05, 0) is 17.9 Å². The molecule has 0 fully saturated rings. The molecule has 0 amide bonds. The third-order valence-corrected chi connectivity index (χ3v) is 1.88. The lowest BCUT2D eigenvalue weighted by Gasteiger charge is -1.98. The molecule has 54 valence electrons. The maximum absolute atomic E-state index is 3.64. The van der Waals surface area contributed by atoms with Gasteiger partial charge in [-0.25, -0.2) is 0 Å².